The fourth-order valence-corrected chi connectivity index (χ4v) is 3.15. The molecule has 4 heteroatoms. The number of benzene rings is 1. The smallest absolute Gasteiger partial charge is 0.238 e. The molecule has 1 aromatic heterocycles. The van der Waals surface area contributed by atoms with Crippen molar-refractivity contribution >= 4 is 22.9 Å². The van der Waals surface area contributed by atoms with E-state index < -0.39 is 0 Å². The molecule has 2 N–H and O–H groups in total. The quantitative estimate of drug-likeness (QED) is 0.847. The lowest BCUT2D eigenvalue weighted by Crippen LogP contribution is -2.33. The van der Waals surface area contributed by atoms with Crippen molar-refractivity contribution in [3.63, 3.8) is 0 Å². The monoisotopic (exact) mass is 302 g/mol. The molecule has 0 radical (unpaired) electrons. The summed E-state index contributed by atoms with van der Waals surface area (Å²) in [6.07, 6.45) is 0. The van der Waals surface area contributed by atoms with Gasteiger partial charge in [-0.05, 0) is 36.4 Å². The van der Waals surface area contributed by atoms with E-state index in [4.69, 9.17) is 0 Å². The molecule has 0 saturated heterocycles. The lowest BCUT2D eigenvalue weighted by atomic mass is 10.0. The SMILES string of the molecule is Cc1ccc(NC(=O)CNC(c2cccs2)C(C)C)cc1. The van der Waals surface area contributed by atoms with Crippen LogP contribution in [0.25, 0.3) is 0 Å². The highest BCUT2D eigenvalue weighted by Gasteiger charge is 2.17. The summed E-state index contributed by atoms with van der Waals surface area (Å²) >= 11 is 1.72. The number of thiophene rings is 1. The van der Waals surface area contributed by atoms with Crippen molar-refractivity contribution in [3.8, 4) is 0 Å². The number of carbonyl (C=O) groups excluding carboxylic acids is 1. The zero-order valence-corrected chi connectivity index (χ0v) is 13.5. The van der Waals surface area contributed by atoms with Crippen LogP contribution in [0, 0.1) is 12.8 Å². The maximum Gasteiger partial charge on any atom is 0.238 e. The van der Waals surface area contributed by atoms with Gasteiger partial charge in [-0.15, -0.1) is 11.3 Å². The Hall–Kier alpha value is -1.65. The summed E-state index contributed by atoms with van der Waals surface area (Å²) in [5, 5.41) is 8.33. The minimum Gasteiger partial charge on any atom is -0.325 e. The maximum absolute atomic E-state index is 12.0. The summed E-state index contributed by atoms with van der Waals surface area (Å²) in [6.45, 7) is 6.67. The topological polar surface area (TPSA) is 41.1 Å². The average molecular weight is 302 g/mol. The van der Waals surface area contributed by atoms with Crippen molar-refractivity contribution in [2.24, 2.45) is 5.92 Å². The lowest BCUT2D eigenvalue weighted by molar-refractivity contribution is -0.115. The maximum atomic E-state index is 12.0. The van der Waals surface area contributed by atoms with E-state index in [2.05, 4.69) is 35.9 Å². The van der Waals surface area contributed by atoms with Crippen LogP contribution in [-0.4, -0.2) is 12.5 Å². The third kappa shape index (κ3) is 4.69. The Balaban J connectivity index is 1.89. The first-order valence-electron chi connectivity index (χ1n) is 7.19. The third-order valence-corrected chi connectivity index (χ3v) is 4.29. The van der Waals surface area contributed by atoms with Gasteiger partial charge in [0, 0.05) is 16.6 Å². The van der Waals surface area contributed by atoms with Gasteiger partial charge in [0.1, 0.15) is 0 Å². The van der Waals surface area contributed by atoms with E-state index in [1.807, 2.05) is 37.3 Å². The van der Waals surface area contributed by atoms with Gasteiger partial charge in [-0.25, -0.2) is 0 Å². The molecule has 0 saturated carbocycles. The van der Waals surface area contributed by atoms with Crippen molar-refractivity contribution in [2.45, 2.75) is 26.8 Å². The fourth-order valence-electron chi connectivity index (χ4n) is 2.18. The normalized spacial score (nSPS) is 12.4. The van der Waals surface area contributed by atoms with E-state index in [-0.39, 0.29) is 11.9 Å². The number of carbonyl (C=O) groups is 1. The highest BCUT2D eigenvalue weighted by molar-refractivity contribution is 7.10. The van der Waals surface area contributed by atoms with Crippen molar-refractivity contribution in [1.29, 1.82) is 0 Å². The molecule has 1 aromatic carbocycles. The second-order valence-corrected chi connectivity index (χ2v) is 6.51. The van der Waals surface area contributed by atoms with Crippen LogP contribution >= 0.6 is 11.3 Å². The van der Waals surface area contributed by atoms with Gasteiger partial charge in [0.05, 0.1) is 6.54 Å². The Kier molecular flexibility index (Phi) is 5.53. The Morgan fingerprint density at radius 1 is 1.19 bits per heavy atom. The van der Waals surface area contributed by atoms with E-state index in [0.29, 0.717) is 12.5 Å². The van der Waals surface area contributed by atoms with E-state index in [0.717, 1.165) is 5.69 Å². The van der Waals surface area contributed by atoms with E-state index in [1.54, 1.807) is 11.3 Å². The molecule has 1 amide bonds. The Morgan fingerprint density at radius 2 is 1.90 bits per heavy atom. The van der Waals surface area contributed by atoms with Crippen LogP contribution in [0.5, 0.6) is 0 Å². The summed E-state index contributed by atoms with van der Waals surface area (Å²) in [5.74, 6) is 0.428. The summed E-state index contributed by atoms with van der Waals surface area (Å²) in [5.41, 5.74) is 2.02. The van der Waals surface area contributed by atoms with Gasteiger partial charge in [0.15, 0.2) is 0 Å². The minimum atomic E-state index is -0.0129. The first-order valence-corrected chi connectivity index (χ1v) is 8.07. The van der Waals surface area contributed by atoms with Crippen LogP contribution in [-0.2, 0) is 4.79 Å². The van der Waals surface area contributed by atoms with Gasteiger partial charge in [-0.3, -0.25) is 4.79 Å². The molecule has 2 aromatic rings. The van der Waals surface area contributed by atoms with Crippen LogP contribution in [0.3, 0.4) is 0 Å². The van der Waals surface area contributed by atoms with Crippen LogP contribution in [0.15, 0.2) is 41.8 Å². The van der Waals surface area contributed by atoms with Crippen molar-refractivity contribution in [3.05, 3.63) is 52.2 Å². The summed E-state index contributed by atoms with van der Waals surface area (Å²) in [7, 11) is 0. The molecule has 1 atom stereocenters. The highest BCUT2D eigenvalue weighted by atomic mass is 32.1. The van der Waals surface area contributed by atoms with Crippen LogP contribution in [0.1, 0.15) is 30.3 Å². The molecule has 2 rings (SSSR count). The number of nitrogens with one attached hydrogen (secondary N) is 2. The molecule has 0 bridgehead atoms. The first-order chi connectivity index (χ1) is 10.1. The van der Waals surface area contributed by atoms with Gasteiger partial charge in [-0.1, -0.05) is 37.6 Å². The minimum absolute atomic E-state index is 0.0129. The molecule has 1 heterocycles. The van der Waals surface area contributed by atoms with Gasteiger partial charge in [-0.2, -0.15) is 0 Å². The molecule has 0 aliphatic carbocycles. The van der Waals surface area contributed by atoms with Crippen LogP contribution in [0.4, 0.5) is 5.69 Å². The van der Waals surface area contributed by atoms with Crippen molar-refractivity contribution in [2.75, 3.05) is 11.9 Å². The van der Waals surface area contributed by atoms with Crippen molar-refractivity contribution < 1.29 is 4.79 Å². The molecule has 21 heavy (non-hydrogen) atoms. The zero-order valence-electron chi connectivity index (χ0n) is 12.7. The number of amides is 1. The van der Waals surface area contributed by atoms with Gasteiger partial charge in [0.2, 0.25) is 5.91 Å². The zero-order chi connectivity index (χ0) is 15.2. The lowest BCUT2D eigenvalue weighted by Gasteiger charge is -2.21. The number of hydrogen-bond donors (Lipinski definition) is 2. The summed E-state index contributed by atoms with van der Waals surface area (Å²) < 4.78 is 0. The number of aryl methyl sites for hydroxylation is 1. The Labute approximate surface area is 130 Å². The largest absolute Gasteiger partial charge is 0.325 e. The number of hydrogen-bond acceptors (Lipinski definition) is 3. The molecule has 1 unspecified atom stereocenters. The van der Waals surface area contributed by atoms with E-state index in [1.165, 1.54) is 10.4 Å². The molecular formula is C17H22N2OS. The molecule has 0 aliphatic rings. The number of anilines is 1. The standard InChI is InChI=1S/C17H22N2OS/c1-12(2)17(15-5-4-10-21-15)18-11-16(20)19-14-8-6-13(3)7-9-14/h4-10,12,17-18H,11H2,1-3H3,(H,19,20). The Morgan fingerprint density at radius 3 is 2.48 bits per heavy atom. The summed E-state index contributed by atoms with van der Waals surface area (Å²) in [6, 6.07) is 12.2. The second kappa shape index (κ2) is 7.38. The summed E-state index contributed by atoms with van der Waals surface area (Å²) in [4.78, 5) is 13.3. The van der Waals surface area contributed by atoms with Gasteiger partial charge >= 0.3 is 0 Å². The Bertz CT molecular complexity index is 561. The van der Waals surface area contributed by atoms with Crippen LogP contribution in [0.2, 0.25) is 0 Å². The number of rotatable bonds is 6. The molecule has 0 spiro atoms. The molecule has 112 valence electrons. The van der Waals surface area contributed by atoms with E-state index in [9.17, 15) is 4.79 Å². The first kappa shape index (κ1) is 15.7. The fraction of sp³-hybridized carbons (Fsp3) is 0.353. The molecule has 0 fully saturated rings. The molecule has 0 aliphatic heterocycles. The molecule has 3 nitrogen and oxygen atoms in total. The van der Waals surface area contributed by atoms with Gasteiger partial charge < -0.3 is 10.6 Å². The molecular weight excluding hydrogens is 280 g/mol. The van der Waals surface area contributed by atoms with E-state index >= 15 is 0 Å². The van der Waals surface area contributed by atoms with Crippen LogP contribution < -0.4 is 10.6 Å². The third-order valence-electron chi connectivity index (χ3n) is 3.33. The van der Waals surface area contributed by atoms with Crippen molar-refractivity contribution in [1.82, 2.24) is 5.32 Å². The highest BCUT2D eigenvalue weighted by Crippen LogP contribution is 2.25. The predicted octanol–water partition coefficient (Wildman–Crippen LogP) is 3.98. The van der Waals surface area contributed by atoms with Gasteiger partial charge in [0.25, 0.3) is 0 Å². The average Bonchev–Trinajstić information content (AvgIpc) is 2.95. The predicted molar refractivity (Wildman–Crippen MR) is 89.7 cm³/mol. The second-order valence-electron chi connectivity index (χ2n) is 5.53.